The summed E-state index contributed by atoms with van der Waals surface area (Å²) in [5, 5.41) is 0. The molecule has 17 heavy (non-hydrogen) atoms. The molecule has 0 nitrogen and oxygen atoms in total. The SMILES string of the molecule is CC=CC(C)CC(C)CC(C)CC(C)CCC. The lowest BCUT2D eigenvalue weighted by Crippen LogP contribution is -2.09. The van der Waals surface area contributed by atoms with Gasteiger partial charge in [0.05, 0.1) is 0 Å². The molecule has 0 heterocycles. The van der Waals surface area contributed by atoms with Crippen LogP contribution in [0.4, 0.5) is 0 Å². The van der Waals surface area contributed by atoms with Crippen LogP contribution in [-0.4, -0.2) is 0 Å². The zero-order valence-corrected chi connectivity index (χ0v) is 13.0. The Bertz CT molecular complexity index is 192. The van der Waals surface area contributed by atoms with E-state index in [1.807, 2.05) is 0 Å². The molecule has 0 heteroatoms. The smallest absolute Gasteiger partial charge is 0.0260 e. The van der Waals surface area contributed by atoms with Crippen molar-refractivity contribution in [3.05, 3.63) is 12.2 Å². The Kier molecular flexibility index (Phi) is 9.59. The molecule has 0 saturated heterocycles. The van der Waals surface area contributed by atoms with E-state index in [4.69, 9.17) is 0 Å². The Labute approximate surface area is 110 Å². The lowest BCUT2D eigenvalue weighted by atomic mass is 9.84. The van der Waals surface area contributed by atoms with Crippen molar-refractivity contribution in [2.24, 2.45) is 23.7 Å². The number of rotatable bonds is 9. The summed E-state index contributed by atoms with van der Waals surface area (Å²) >= 11 is 0. The van der Waals surface area contributed by atoms with Crippen LogP contribution in [0, 0.1) is 23.7 Å². The predicted molar refractivity (Wildman–Crippen MR) is 80.2 cm³/mol. The van der Waals surface area contributed by atoms with Gasteiger partial charge in [-0.15, -0.1) is 0 Å². The van der Waals surface area contributed by atoms with Crippen molar-refractivity contribution >= 4 is 0 Å². The number of allylic oxidation sites excluding steroid dienone is 2. The summed E-state index contributed by atoms with van der Waals surface area (Å²) in [5.41, 5.74) is 0. The maximum absolute atomic E-state index is 2.43. The lowest BCUT2D eigenvalue weighted by molar-refractivity contribution is 0.312. The molecule has 0 aliphatic heterocycles. The fourth-order valence-electron chi connectivity index (χ4n) is 3.22. The first-order valence-electron chi connectivity index (χ1n) is 7.62. The van der Waals surface area contributed by atoms with Gasteiger partial charge < -0.3 is 0 Å². The predicted octanol–water partition coefficient (Wildman–Crippen LogP) is 6.08. The van der Waals surface area contributed by atoms with Gasteiger partial charge >= 0.3 is 0 Å². The van der Waals surface area contributed by atoms with Crippen LogP contribution < -0.4 is 0 Å². The largest absolute Gasteiger partial charge is 0.0914 e. The standard InChI is InChI=1S/C17H34/c1-7-9-14(3)11-16(5)13-17(6)12-15(4)10-8-2/h7,9,14-17H,8,10-13H2,1-6H3. The Morgan fingerprint density at radius 2 is 1.35 bits per heavy atom. The molecule has 0 aromatic rings. The summed E-state index contributed by atoms with van der Waals surface area (Å²) in [6, 6.07) is 0. The Morgan fingerprint density at radius 3 is 1.88 bits per heavy atom. The first kappa shape index (κ1) is 16.7. The van der Waals surface area contributed by atoms with Crippen LogP contribution in [0.2, 0.25) is 0 Å². The van der Waals surface area contributed by atoms with Crippen LogP contribution >= 0.6 is 0 Å². The second-order valence-corrected chi connectivity index (χ2v) is 6.31. The molecular formula is C17H34. The maximum Gasteiger partial charge on any atom is -0.0260 e. The zero-order valence-electron chi connectivity index (χ0n) is 13.0. The van der Waals surface area contributed by atoms with E-state index >= 15 is 0 Å². The third-order valence-electron chi connectivity index (χ3n) is 3.69. The number of hydrogen-bond donors (Lipinski definition) is 0. The molecule has 0 aliphatic carbocycles. The highest BCUT2D eigenvalue weighted by Crippen LogP contribution is 2.25. The van der Waals surface area contributed by atoms with E-state index in [0.29, 0.717) is 0 Å². The molecule has 0 saturated carbocycles. The molecular weight excluding hydrogens is 204 g/mol. The molecule has 0 fully saturated rings. The first-order chi connectivity index (χ1) is 7.99. The highest BCUT2D eigenvalue weighted by molar-refractivity contribution is 4.83. The summed E-state index contributed by atoms with van der Waals surface area (Å²) in [6.45, 7) is 14.0. The quantitative estimate of drug-likeness (QED) is 0.427. The fraction of sp³-hybridized carbons (Fsp3) is 0.882. The Hall–Kier alpha value is -0.260. The molecule has 0 aromatic heterocycles. The summed E-state index contributed by atoms with van der Waals surface area (Å²) in [4.78, 5) is 0. The summed E-state index contributed by atoms with van der Waals surface area (Å²) in [5.74, 6) is 3.42. The van der Waals surface area contributed by atoms with Crippen LogP contribution in [-0.2, 0) is 0 Å². The van der Waals surface area contributed by atoms with Crippen molar-refractivity contribution in [1.29, 1.82) is 0 Å². The highest BCUT2D eigenvalue weighted by atomic mass is 14.2. The average molecular weight is 238 g/mol. The van der Waals surface area contributed by atoms with Crippen LogP contribution in [0.5, 0.6) is 0 Å². The lowest BCUT2D eigenvalue weighted by Gasteiger charge is -2.21. The van der Waals surface area contributed by atoms with E-state index < -0.39 is 0 Å². The number of hydrogen-bond acceptors (Lipinski definition) is 0. The molecule has 0 radical (unpaired) electrons. The van der Waals surface area contributed by atoms with Gasteiger partial charge in [-0.25, -0.2) is 0 Å². The minimum atomic E-state index is 0.746. The van der Waals surface area contributed by atoms with Crippen molar-refractivity contribution in [2.45, 2.75) is 73.6 Å². The normalized spacial score (nSPS) is 19.2. The van der Waals surface area contributed by atoms with Gasteiger partial charge in [-0.05, 0) is 49.9 Å². The molecule has 0 aromatic carbocycles. The van der Waals surface area contributed by atoms with Crippen LogP contribution in [0.3, 0.4) is 0 Å². The van der Waals surface area contributed by atoms with E-state index in [-0.39, 0.29) is 0 Å². The minimum absolute atomic E-state index is 0.746. The Morgan fingerprint density at radius 1 is 0.824 bits per heavy atom. The molecule has 0 spiro atoms. The van der Waals surface area contributed by atoms with Crippen molar-refractivity contribution in [3.63, 3.8) is 0 Å². The van der Waals surface area contributed by atoms with Crippen molar-refractivity contribution in [3.8, 4) is 0 Å². The van der Waals surface area contributed by atoms with Crippen LogP contribution in [0.25, 0.3) is 0 Å². The second-order valence-electron chi connectivity index (χ2n) is 6.31. The van der Waals surface area contributed by atoms with Crippen molar-refractivity contribution in [2.75, 3.05) is 0 Å². The van der Waals surface area contributed by atoms with Gasteiger partial charge in [-0.1, -0.05) is 59.6 Å². The average Bonchev–Trinajstić information content (AvgIpc) is 2.16. The van der Waals surface area contributed by atoms with Gasteiger partial charge in [0.2, 0.25) is 0 Å². The van der Waals surface area contributed by atoms with Crippen LogP contribution in [0.1, 0.15) is 73.6 Å². The molecule has 0 aliphatic rings. The first-order valence-corrected chi connectivity index (χ1v) is 7.62. The van der Waals surface area contributed by atoms with Crippen molar-refractivity contribution in [1.82, 2.24) is 0 Å². The van der Waals surface area contributed by atoms with Gasteiger partial charge in [0.1, 0.15) is 0 Å². The molecule has 0 N–H and O–H groups in total. The van der Waals surface area contributed by atoms with Gasteiger partial charge in [-0.3, -0.25) is 0 Å². The third kappa shape index (κ3) is 9.44. The summed E-state index contributed by atoms with van der Waals surface area (Å²) in [6.07, 6.45) is 11.4. The van der Waals surface area contributed by atoms with Gasteiger partial charge in [0, 0.05) is 0 Å². The summed E-state index contributed by atoms with van der Waals surface area (Å²) < 4.78 is 0. The van der Waals surface area contributed by atoms with Gasteiger partial charge in [0.15, 0.2) is 0 Å². The molecule has 4 unspecified atom stereocenters. The Balaban J connectivity index is 3.82. The molecule has 4 atom stereocenters. The van der Waals surface area contributed by atoms with E-state index in [9.17, 15) is 0 Å². The fourth-order valence-corrected chi connectivity index (χ4v) is 3.22. The second kappa shape index (κ2) is 9.74. The molecule has 0 bridgehead atoms. The topological polar surface area (TPSA) is 0 Å². The zero-order chi connectivity index (χ0) is 13.3. The van der Waals surface area contributed by atoms with E-state index in [1.54, 1.807) is 0 Å². The molecule has 0 rings (SSSR count). The molecule has 102 valence electrons. The van der Waals surface area contributed by atoms with E-state index in [0.717, 1.165) is 23.7 Å². The third-order valence-corrected chi connectivity index (χ3v) is 3.69. The van der Waals surface area contributed by atoms with Gasteiger partial charge in [-0.2, -0.15) is 0 Å². The van der Waals surface area contributed by atoms with Gasteiger partial charge in [0.25, 0.3) is 0 Å². The highest BCUT2D eigenvalue weighted by Gasteiger charge is 2.13. The monoisotopic (exact) mass is 238 g/mol. The minimum Gasteiger partial charge on any atom is -0.0914 e. The van der Waals surface area contributed by atoms with Crippen molar-refractivity contribution < 1.29 is 0 Å². The van der Waals surface area contributed by atoms with E-state index in [2.05, 4.69) is 53.7 Å². The van der Waals surface area contributed by atoms with Crippen LogP contribution in [0.15, 0.2) is 12.2 Å². The molecule has 0 amide bonds. The van der Waals surface area contributed by atoms with E-state index in [1.165, 1.54) is 32.1 Å². The maximum atomic E-state index is 2.43. The summed E-state index contributed by atoms with van der Waals surface area (Å²) in [7, 11) is 0.